The van der Waals surface area contributed by atoms with Crippen LogP contribution >= 0.6 is 0 Å². The molecule has 7 aromatic carbocycles. The van der Waals surface area contributed by atoms with E-state index in [0.717, 1.165) is 50.1 Å². The molecule has 0 fully saturated rings. The third-order valence-electron chi connectivity index (χ3n) is 10.8. The summed E-state index contributed by atoms with van der Waals surface area (Å²) in [4.78, 5) is 10.5. The van der Waals surface area contributed by atoms with Crippen molar-refractivity contribution < 1.29 is 0 Å². The Kier molecular flexibility index (Phi) is 6.55. The lowest BCUT2D eigenvalue weighted by Gasteiger charge is -2.24. The molecule has 4 heteroatoms. The Morgan fingerprint density at radius 3 is 2.15 bits per heavy atom. The first-order chi connectivity index (χ1) is 25.5. The van der Waals surface area contributed by atoms with E-state index < -0.39 is 0 Å². The standard InChI is InChI=1S/C48H32N4/c1-48(2)41-20-9-6-17-36(41)38-23-24-39-37-18-8-11-22-43(37)52(46(39)44(38)48)35-27-33(32-16-12-13-30(25-32)29-49)26-34(28-35)47-50-42-21-10-7-19-40(42)45(51-47)31-14-4-3-5-15-31/h3-28H,1-2H3. The molecule has 2 heterocycles. The summed E-state index contributed by atoms with van der Waals surface area (Å²) in [6, 6.07) is 57.5. The van der Waals surface area contributed by atoms with E-state index in [1.807, 2.05) is 48.5 Å². The van der Waals surface area contributed by atoms with Gasteiger partial charge >= 0.3 is 0 Å². The van der Waals surface area contributed by atoms with Crippen molar-refractivity contribution in [3.8, 4) is 56.7 Å². The molecule has 0 amide bonds. The molecule has 0 saturated heterocycles. The Bertz CT molecular complexity index is 2940. The number of fused-ring (bicyclic) bond motifs is 8. The lowest BCUT2D eigenvalue weighted by atomic mass is 9.81. The van der Waals surface area contributed by atoms with E-state index in [-0.39, 0.29) is 5.41 Å². The second kappa shape index (κ2) is 11.3. The molecular weight excluding hydrogens is 633 g/mol. The van der Waals surface area contributed by atoms with Gasteiger partial charge in [0.25, 0.3) is 0 Å². The van der Waals surface area contributed by atoms with Crippen LogP contribution in [-0.2, 0) is 5.41 Å². The number of aromatic nitrogens is 3. The van der Waals surface area contributed by atoms with Gasteiger partial charge in [0.1, 0.15) is 0 Å². The van der Waals surface area contributed by atoms with Gasteiger partial charge in [0.15, 0.2) is 5.82 Å². The van der Waals surface area contributed by atoms with Crippen LogP contribution in [0.5, 0.6) is 0 Å². The predicted octanol–water partition coefficient (Wildman–Crippen LogP) is 11.9. The molecule has 0 unspecified atom stereocenters. The minimum absolute atomic E-state index is 0.217. The molecule has 244 valence electrons. The number of benzene rings is 7. The normalized spacial score (nSPS) is 12.9. The van der Waals surface area contributed by atoms with E-state index in [2.05, 4.69) is 134 Å². The quantitative estimate of drug-likeness (QED) is 0.188. The highest BCUT2D eigenvalue weighted by molar-refractivity contribution is 6.13. The maximum atomic E-state index is 9.86. The minimum atomic E-state index is -0.217. The third-order valence-corrected chi connectivity index (χ3v) is 10.8. The average molecular weight is 665 g/mol. The van der Waals surface area contributed by atoms with Crippen molar-refractivity contribution in [3.63, 3.8) is 0 Å². The Morgan fingerprint density at radius 2 is 1.29 bits per heavy atom. The Hall–Kier alpha value is -6.83. The van der Waals surface area contributed by atoms with Crippen LogP contribution in [0.2, 0.25) is 0 Å². The fourth-order valence-corrected chi connectivity index (χ4v) is 8.41. The topological polar surface area (TPSA) is 54.5 Å². The van der Waals surface area contributed by atoms with Gasteiger partial charge in [-0.05, 0) is 75.8 Å². The van der Waals surface area contributed by atoms with Crippen molar-refractivity contribution in [1.82, 2.24) is 14.5 Å². The van der Waals surface area contributed by atoms with Gasteiger partial charge < -0.3 is 4.57 Å². The fourth-order valence-electron chi connectivity index (χ4n) is 8.41. The van der Waals surface area contributed by atoms with E-state index in [4.69, 9.17) is 9.97 Å². The van der Waals surface area contributed by atoms with Crippen LogP contribution in [0, 0.1) is 11.3 Å². The largest absolute Gasteiger partial charge is 0.309 e. The fraction of sp³-hybridized carbons (Fsp3) is 0.0625. The highest BCUT2D eigenvalue weighted by Gasteiger charge is 2.38. The number of nitrogens with zero attached hydrogens (tertiary/aromatic N) is 4. The lowest BCUT2D eigenvalue weighted by molar-refractivity contribution is 0.664. The van der Waals surface area contributed by atoms with Gasteiger partial charge in [-0.3, -0.25) is 0 Å². The van der Waals surface area contributed by atoms with Crippen LogP contribution in [0.3, 0.4) is 0 Å². The monoisotopic (exact) mass is 664 g/mol. The number of nitriles is 1. The second-order valence-electron chi connectivity index (χ2n) is 14.1. The van der Waals surface area contributed by atoms with Gasteiger partial charge in [-0.1, -0.05) is 129 Å². The first-order valence-corrected chi connectivity index (χ1v) is 17.6. The van der Waals surface area contributed by atoms with Crippen molar-refractivity contribution in [3.05, 3.63) is 174 Å². The smallest absolute Gasteiger partial charge is 0.160 e. The van der Waals surface area contributed by atoms with Crippen molar-refractivity contribution in [2.45, 2.75) is 19.3 Å². The van der Waals surface area contributed by atoms with E-state index in [9.17, 15) is 5.26 Å². The van der Waals surface area contributed by atoms with Crippen LogP contribution < -0.4 is 0 Å². The van der Waals surface area contributed by atoms with Crippen molar-refractivity contribution in [2.24, 2.45) is 0 Å². The molecule has 0 aliphatic heterocycles. The lowest BCUT2D eigenvalue weighted by Crippen LogP contribution is -2.16. The summed E-state index contributed by atoms with van der Waals surface area (Å²) < 4.78 is 2.44. The number of rotatable bonds is 4. The zero-order valence-corrected chi connectivity index (χ0v) is 28.8. The Labute approximate surface area is 301 Å². The SMILES string of the molecule is CC1(C)c2ccccc2-c2ccc3c4ccccc4n(-c4cc(-c5cccc(C#N)c5)cc(-c5nc(-c6ccccc6)c6ccccc6n5)c4)c3c21. The molecule has 2 aromatic heterocycles. The maximum Gasteiger partial charge on any atom is 0.160 e. The summed E-state index contributed by atoms with van der Waals surface area (Å²) in [5.74, 6) is 0.649. The first-order valence-electron chi connectivity index (χ1n) is 17.6. The van der Waals surface area contributed by atoms with Gasteiger partial charge in [0, 0.05) is 38.4 Å². The van der Waals surface area contributed by atoms with Crippen LogP contribution in [-0.4, -0.2) is 14.5 Å². The predicted molar refractivity (Wildman–Crippen MR) is 212 cm³/mol. The number of para-hydroxylation sites is 2. The van der Waals surface area contributed by atoms with E-state index >= 15 is 0 Å². The van der Waals surface area contributed by atoms with E-state index in [1.165, 1.54) is 38.5 Å². The van der Waals surface area contributed by atoms with Gasteiger partial charge in [-0.25, -0.2) is 9.97 Å². The van der Waals surface area contributed by atoms with E-state index in [1.54, 1.807) is 0 Å². The first kappa shape index (κ1) is 30.0. The average Bonchev–Trinajstić information content (AvgIpc) is 3.66. The number of hydrogen-bond acceptors (Lipinski definition) is 3. The molecule has 0 atom stereocenters. The summed E-state index contributed by atoms with van der Waals surface area (Å²) in [7, 11) is 0. The third kappa shape index (κ3) is 4.46. The Morgan fingerprint density at radius 1 is 0.558 bits per heavy atom. The van der Waals surface area contributed by atoms with Crippen LogP contribution in [0.15, 0.2) is 158 Å². The minimum Gasteiger partial charge on any atom is -0.309 e. The molecule has 4 nitrogen and oxygen atoms in total. The van der Waals surface area contributed by atoms with E-state index in [0.29, 0.717) is 11.4 Å². The molecule has 0 saturated carbocycles. The molecule has 1 aliphatic carbocycles. The molecular formula is C48H32N4. The van der Waals surface area contributed by atoms with Gasteiger partial charge in [-0.15, -0.1) is 0 Å². The van der Waals surface area contributed by atoms with Crippen molar-refractivity contribution in [2.75, 3.05) is 0 Å². The summed E-state index contributed by atoms with van der Waals surface area (Å²) in [6.07, 6.45) is 0. The summed E-state index contributed by atoms with van der Waals surface area (Å²) >= 11 is 0. The van der Waals surface area contributed by atoms with Gasteiger partial charge in [-0.2, -0.15) is 5.26 Å². The van der Waals surface area contributed by atoms with Crippen LogP contribution in [0.4, 0.5) is 0 Å². The second-order valence-corrected chi connectivity index (χ2v) is 14.1. The number of hydrogen-bond donors (Lipinski definition) is 0. The molecule has 52 heavy (non-hydrogen) atoms. The molecule has 0 bridgehead atoms. The molecule has 0 spiro atoms. The summed E-state index contributed by atoms with van der Waals surface area (Å²) in [5.41, 5.74) is 14.7. The van der Waals surface area contributed by atoms with Gasteiger partial charge in [0.2, 0.25) is 0 Å². The summed E-state index contributed by atoms with van der Waals surface area (Å²) in [5, 5.41) is 13.3. The Balaban J connectivity index is 1.31. The summed E-state index contributed by atoms with van der Waals surface area (Å²) in [6.45, 7) is 4.70. The molecule has 9 aromatic rings. The van der Waals surface area contributed by atoms with Crippen LogP contribution in [0.1, 0.15) is 30.5 Å². The molecule has 1 aliphatic rings. The molecule has 0 radical (unpaired) electrons. The van der Waals surface area contributed by atoms with Gasteiger partial charge in [0.05, 0.1) is 33.9 Å². The zero-order valence-electron chi connectivity index (χ0n) is 28.8. The van der Waals surface area contributed by atoms with Crippen LogP contribution in [0.25, 0.3) is 83.3 Å². The van der Waals surface area contributed by atoms with Crippen molar-refractivity contribution >= 4 is 32.7 Å². The zero-order chi connectivity index (χ0) is 35.0. The molecule has 10 rings (SSSR count). The maximum absolute atomic E-state index is 9.86. The molecule has 0 N–H and O–H groups in total. The van der Waals surface area contributed by atoms with Crippen molar-refractivity contribution in [1.29, 1.82) is 5.26 Å². The highest BCUT2D eigenvalue weighted by Crippen LogP contribution is 2.53. The highest BCUT2D eigenvalue weighted by atomic mass is 15.0.